The third-order valence-corrected chi connectivity index (χ3v) is 1.57. The molecule has 6 heteroatoms. The van der Waals surface area contributed by atoms with Gasteiger partial charge in [0.05, 0.1) is 6.61 Å². The standard InChI is InChI=1S/C8H9N3O3/c9-7(13)5-1-4(3-12)2-6(11-5)8(10)14/h1-2,12H,3H2,(H2,9,13)(H2,10,14). The van der Waals surface area contributed by atoms with E-state index in [9.17, 15) is 9.59 Å². The molecule has 0 aliphatic heterocycles. The van der Waals surface area contributed by atoms with E-state index in [2.05, 4.69) is 4.98 Å². The van der Waals surface area contributed by atoms with Crippen LogP contribution in [0.25, 0.3) is 0 Å². The number of hydrogen-bond acceptors (Lipinski definition) is 4. The molecule has 0 saturated carbocycles. The van der Waals surface area contributed by atoms with Crippen LogP contribution in [0.2, 0.25) is 0 Å². The molecular formula is C8H9N3O3. The average Bonchev–Trinajstić information content (AvgIpc) is 2.16. The van der Waals surface area contributed by atoms with Crippen molar-refractivity contribution < 1.29 is 14.7 Å². The highest BCUT2D eigenvalue weighted by Crippen LogP contribution is 2.05. The maximum atomic E-state index is 10.8. The van der Waals surface area contributed by atoms with Crippen molar-refractivity contribution in [2.75, 3.05) is 0 Å². The quantitative estimate of drug-likeness (QED) is 0.559. The van der Waals surface area contributed by atoms with Crippen LogP contribution in [-0.2, 0) is 6.61 Å². The molecule has 0 aliphatic carbocycles. The zero-order valence-corrected chi connectivity index (χ0v) is 7.23. The van der Waals surface area contributed by atoms with Crippen molar-refractivity contribution in [1.82, 2.24) is 4.98 Å². The normalized spacial score (nSPS) is 9.79. The number of rotatable bonds is 3. The summed E-state index contributed by atoms with van der Waals surface area (Å²) in [6.07, 6.45) is 0. The molecule has 1 aromatic heterocycles. The Hall–Kier alpha value is -1.95. The summed E-state index contributed by atoms with van der Waals surface area (Å²) in [5, 5.41) is 8.82. The number of pyridine rings is 1. The fourth-order valence-electron chi connectivity index (χ4n) is 0.931. The Kier molecular flexibility index (Phi) is 2.78. The first-order valence-electron chi connectivity index (χ1n) is 3.76. The summed E-state index contributed by atoms with van der Waals surface area (Å²) >= 11 is 0. The summed E-state index contributed by atoms with van der Waals surface area (Å²) in [5.74, 6) is -1.55. The van der Waals surface area contributed by atoms with E-state index in [0.29, 0.717) is 5.56 Å². The van der Waals surface area contributed by atoms with Crippen molar-refractivity contribution in [2.45, 2.75) is 6.61 Å². The predicted molar refractivity (Wildman–Crippen MR) is 47.2 cm³/mol. The molecule has 0 aromatic carbocycles. The first-order valence-corrected chi connectivity index (χ1v) is 3.76. The van der Waals surface area contributed by atoms with Crippen LogP contribution >= 0.6 is 0 Å². The van der Waals surface area contributed by atoms with Crippen molar-refractivity contribution in [3.63, 3.8) is 0 Å². The van der Waals surface area contributed by atoms with E-state index in [1.54, 1.807) is 0 Å². The van der Waals surface area contributed by atoms with Crippen molar-refractivity contribution in [2.24, 2.45) is 11.5 Å². The number of carbonyl (C=O) groups excluding carboxylic acids is 2. The zero-order valence-electron chi connectivity index (χ0n) is 7.23. The lowest BCUT2D eigenvalue weighted by Gasteiger charge is -2.02. The van der Waals surface area contributed by atoms with E-state index in [1.165, 1.54) is 12.1 Å². The molecule has 5 N–H and O–H groups in total. The number of carbonyl (C=O) groups is 2. The van der Waals surface area contributed by atoms with Gasteiger partial charge in [-0.15, -0.1) is 0 Å². The highest BCUT2D eigenvalue weighted by molar-refractivity contribution is 5.95. The molecule has 14 heavy (non-hydrogen) atoms. The van der Waals surface area contributed by atoms with E-state index in [0.717, 1.165) is 0 Å². The second kappa shape index (κ2) is 3.84. The van der Waals surface area contributed by atoms with E-state index in [1.807, 2.05) is 0 Å². The smallest absolute Gasteiger partial charge is 0.267 e. The fourth-order valence-corrected chi connectivity index (χ4v) is 0.931. The van der Waals surface area contributed by atoms with E-state index in [4.69, 9.17) is 16.6 Å². The molecule has 1 aromatic rings. The van der Waals surface area contributed by atoms with Gasteiger partial charge in [-0.05, 0) is 17.7 Å². The number of aliphatic hydroxyl groups is 1. The molecule has 0 bridgehead atoms. The minimum Gasteiger partial charge on any atom is -0.392 e. The van der Waals surface area contributed by atoms with E-state index in [-0.39, 0.29) is 18.0 Å². The number of aromatic nitrogens is 1. The number of aliphatic hydroxyl groups excluding tert-OH is 1. The fraction of sp³-hybridized carbons (Fsp3) is 0.125. The maximum Gasteiger partial charge on any atom is 0.267 e. The average molecular weight is 195 g/mol. The minimum absolute atomic E-state index is 0.0923. The number of hydrogen-bond donors (Lipinski definition) is 3. The van der Waals surface area contributed by atoms with Crippen LogP contribution in [0.1, 0.15) is 26.5 Å². The predicted octanol–water partition coefficient (Wildman–Crippen LogP) is -1.23. The Bertz CT molecular complexity index is 357. The Morgan fingerprint density at radius 1 is 1.21 bits per heavy atom. The summed E-state index contributed by atoms with van der Waals surface area (Å²) in [5.41, 5.74) is 10.1. The van der Waals surface area contributed by atoms with Crippen LogP contribution in [0.5, 0.6) is 0 Å². The Labute approximate surface area is 79.5 Å². The second-order valence-corrected chi connectivity index (χ2v) is 2.63. The summed E-state index contributed by atoms with van der Waals surface area (Å²) in [7, 11) is 0. The number of nitrogens with zero attached hydrogens (tertiary/aromatic N) is 1. The van der Waals surface area contributed by atoms with Crippen molar-refractivity contribution in [1.29, 1.82) is 0 Å². The van der Waals surface area contributed by atoms with Gasteiger partial charge in [0.2, 0.25) is 0 Å². The topological polar surface area (TPSA) is 119 Å². The monoisotopic (exact) mass is 195 g/mol. The van der Waals surface area contributed by atoms with Crippen LogP contribution in [0.4, 0.5) is 0 Å². The van der Waals surface area contributed by atoms with Gasteiger partial charge >= 0.3 is 0 Å². The molecule has 2 amide bonds. The molecule has 0 unspecified atom stereocenters. The lowest BCUT2D eigenvalue weighted by molar-refractivity contribution is 0.0992. The molecule has 74 valence electrons. The van der Waals surface area contributed by atoms with Gasteiger partial charge in [0.1, 0.15) is 11.4 Å². The Morgan fingerprint density at radius 2 is 1.64 bits per heavy atom. The van der Waals surface area contributed by atoms with Gasteiger partial charge in [-0.25, -0.2) is 4.98 Å². The van der Waals surface area contributed by atoms with E-state index < -0.39 is 11.8 Å². The van der Waals surface area contributed by atoms with Crippen LogP contribution in [0, 0.1) is 0 Å². The summed E-state index contributed by atoms with van der Waals surface area (Å²) in [6, 6.07) is 2.60. The van der Waals surface area contributed by atoms with Crippen LogP contribution in [0.15, 0.2) is 12.1 Å². The SMILES string of the molecule is NC(=O)c1cc(CO)cc(C(N)=O)n1. The van der Waals surface area contributed by atoms with E-state index >= 15 is 0 Å². The molecule has 0 radical (unpaired) electrons. The molecule has 0 atom stereocenters. The lowest BCUT2D eigenvalue weighted by Crippen LogP contribution is -2.19. The largest absolute Gasteiger partial charge is 0.392 e. The van der Waals surface area contributed by atoms with Crippen LogP contribution < -0.4 is 11.5 Å². The Morgan fingerprint density at radius 3 is 1.93 bits per heavy atom. The molecule has 6 nitrogen and oxygen atoms in total. The van der Waals surface area contributed by atoms with Gasteiger partial charge in [0, 0.05) is 0 Å². The van der Waals surface area contributed by atoms with Gasteiger partial charge < -0.3 is 16.6 Å². The number of primary amides is 2. The first kappa shape index (κ1) is 10.1. The molecule has 0 fully saturated rings. The molecule has 1 rings (SSSR count). The van der Waals surface area contributed by atoms with Gasteiger partial charge in [-0.1, -0.05) is 0 Å². The van der Waals surface area contributed by atoms with Crippen molar-refractivity contribution in [3.05, 3.63) is 29.1 Å². The third kappa shape index (κ3) is 2.05. The summed E-state index contributed by atoms with van der Waals surface area (Å²) in [4.78, 5) is 25.2. The van der Waals surface area contributed by atoms with Gasteiger partial charge in [0.15, 0.2) is 0 Å². The van der Waals surface area contributed by atoms with Crippen LogP contribution in [0.3, 0.4) is 0 Å². The minimum atomic E-state index is -0.775. The second-order valence-electron chi connectivity index (χ2n) is 2.63. The zero-order chi connectivity index (χ0) is 10.7. The Balaban J connectivity index is 3.27. The maximum absolute atomic E-state index is 10.8. The molecule has 1 heterocycles. The van der Waals surface area contributed by atoms with Crippen molar-refractivity contribution >= 4 is 11.8 Å². The number of amides is 2. The highest BCUT2D eigenvalue weighted by Gasteiger charge is 2.09. The molecular weight excluding hydrogens is 186 g/mol. The molecule has 0 aliphatic rings. The lowest BCUT2D eigenvalue weighted by atomic mass is 10.2. The summed E-state index contributed by atoms with van der Waals surface area (Å²) < 4.78 is 0. The highest BCUT2D eigenvalue weighted by atomic mass is 16.3. The third-order valence-electron chi connectivity index (χ3n) is 1.57. The molecule has 0 saturated heterocycles. The van der Waals surface area contributed by atoms with Gasteiger partial charge in [-0.3, -0.25) is 9.59 Å². The summed E-state index contributed by atoms with van der Waals surface area (Å²) in [6.45, 7) is -0.316. The first-order chi connectivity index (χ1) is 6.54. The van der Waals surface area contributed by atoms with Gasteiger partial charge in [0.25, 0.3) is 11.8 Å². The molecule has 0 spiro atoms. The van der Waals surface area contributed by atoms with Gasteiger partial charge in [-0.2, -0.15) is 0 Å². The van der Waals surface area contributed by atoms with Crippen LogP contribution in [-0.4, -0.2) is 21.9 Å². The van der Waals surface area contributed by atoms with Crippen molar-refractivity contribution in [3.8, 4) is 0 Å². The number of nitrogens with two attached hydrogens (primary N) is 2.